The fraction of sp³-hybridized carbons (Fsp3) is 0.409. The molecule has 0 amide bonds. The van der Waals surface area contributed by atoms with Crippen molar-refractivity contribution in [3.63, 3.8) is 0 Å². The first-order valence-electron chi connectivity index (χ1n) is 9.41. The van der Waals surface area contributed by atoms with Crippen molar-refractivity contribution in [2.45, 2.75) is 50.6 Å². The van der Waals surface area contributed by atoms with Crippen LogP contribution >= 0.6 is 7.14 Å². The van der Waals surface area contributed by atoms with E-state index in [4.69, 9.17) is 0 Å². The Hall–Kier alpha value is -1.66. The van der Waals surface area contributed by atoms with Crippen molar-refractivity contribution in [3.05, 3.63) is 60.7 Å². The van der Waals surface area contributed by atoms with Crippen LogP contribution in [0.2, 0.25) is 0 Å². The normalized spacial score (nSPS) is 17.1. The van der Waals surface area contributed by atoms with Gasteiger partial charge in [-0.2, -0.15) is 0 Å². The molecule has 0 radical (unpaired) electrons. The second kappa shape index (κ2) is 8.63. The fourth-order valence-corrected chi connectivity index (χ4v) is 8.00. The Morgan fingerprint density at radius 1 is 0.880 bits per heavy atom. The predicted molar refractivity (Wildman–Crippen MR) is 105 cm³/mol. The maximum atomic E-state index is 14.6. The van der Waals surface area contributed by atoms with E-state index >= 15 is 0 Å². The first-order valence-corrected chi connectivity index (χ1v) is 11.2. The van der Waals surface area contributed by atoms with Crippen molar-refractivity contribution in [2.24, 2.45) is 5.92 Å². The zero-order chi connectivity index (χ0) is 17.5. The average Bonchev–Trinajstić information content (AvgIpc) is 2.70. The molecule has 1 unspecified atom stereocenters. The third kappa shape index (κ3) is 3.96. The quantitative estimate of drug-likeness (QED) is 0.522. The van der Waals surface area contributed by atoms with E-state index in [0.717, 1.165) is 36.2 Å². The third-order valence-corrected chi connectivity index (χ3v) is 9.27. The highest BCUT2D eigenvalue weighted by molar-refractivity contribution is 7.79. The smallest absolute Gasteiger partial charge is 0.146 e. The van der Waals surface area contributed by atoms with Crippen LogP contribution in [-0.2, 0) is 9.36 Å². The number of carbonyl (C=O) groups excluding carboxylic acids is 1. The molecular formula is C22H27O2P. The highest BCUT2D eigenvalue weighted by Crippen LogP contribution is 2.55. The second-order valence-corrected chi connectivity index (χ2v) is 10.1. The summed E-state index contributed by atoms with van der Waals surface area (Å²) in [5.41, 5.74) is 0.0581. The van der Waals surface area contributed by atoms with E-state index in [1.165, 1.54) is 19.3 Å². The molecule has 0 aromatic heterocycles. The number of carbonyl (C=O) groups is 1. The van der Waals surface area contributed by atoms with E-state index in [9.17, 15) is 9.36 Å². The Morgan fingerprint density at radius 2 is 1.40 bits per heavy atom. The van der Waals surface area contributed by atoms with Crippen molar-refractivity contribution in [2.75, 3.05) is 0 Å². The molecule has 2 nitrogen and oxygen atoms in total. The van der Waals surface area contributed by atoms with Crippen LogP contribution in [0.1, 0.15) is 44.9 Å². The summed E-state index contributed by atoms with van der Waals surface area (Å²) in [7, 11) is -2.79. The van der Waals surface area contributed by atoms with E-state index in [1.54, 1.807) is 0 Å². The summed E-state index contributed by atoms with van der Waals surface area (Å²) in [6.07, 6.45) is 8.16. The summed E-state index contributed by atoms with van der Waals surface area (Å²) in [4.78, 5) is 11.1. The minimum atomic E-state index is -2.79. The minimum Gasteiger partial charge on any atom is -0.313 e. The molecule has 132 valence electrons. The molecule has 25 heavy (non-hydrogen) atoms. The lowest BCUT2D eigenvalue weighted by Crippen LogP contribution is -2.32. The number of aldehydes is 1. The first-order chi connectivity index (χ1) is 12.3. The molecule has 0 bridgehead atoms. The summed E-state index contributed by atoms with van der Waals surface area (Å²) in [6, 6.07) is 19.9. The van der Waals surface area contributed by atoms with Gasteiger partial charge in [-0.05, 0) is 25.2 Å². The Bertz CT molecular complexity index is 662. The zero-order valence-electron chi connectivity index (χ0n) is 14.7. The lowest BCUT2D eigenvalue weighted by Gasteiger charge is -2.36. The monoisotopic (exact) mass is 354 g/mol. The predicted octanol–water partition coefficient (Wildman–Crippen LogP) is 4.93. The standard InChI is InChI=1S/C22H27O2P/c23-18-10-17-22(19-11-4-1-5-12-19)25(24,20-13-6-2-7-14-20)21-15-8-3-9-16-21/h2-3,6-9,13-16,18-19,22H,1,4-5,10-12,17H2. The molecule has 2 aromatic rings. The number of hydrogen-bond acceptors (Lipinski definition) is 2. The lowest BCUT2D eigenvalue weighted by molar-refractivity contribution is -0.107. The van der Waals surface area contributed by atoms with E-state index < -0.39 is 7.14 Å². The molecule has 0 spiro atoms. The van der Waals surface area contributed by atoms with Gasteiger partial charge in [-0.15, -0.1) is 0 Å². The number of rotatable bonds is 7. The van der Waals surface area contributed by atoms with Crippen LogP contribution in [0.3, 0.4) is 0 Å². The van der Waals surface area contributed by atoms with Gasteiger partial charge in [0.25, 0.3) is 0 Å². The SMILES string of the molecule is O=CCCC(C1CCCCC1)P(=O)(c1ccccc1)c1ccccc1. The van der Waals surface area contributed by atoms with Crippen molar-refractivity contribution < 1.29 is 9.36 Å². The van der Waals surface area contributed by atoms with Crippen LogP contribution in [0.5, 0.6) is 0 Å². The van der Waals surface area contributed by atoms with Gasteiger partial charge >= 0.3 is 0 Å². The van der Waals surface area contributed by atoms with Gasteiger partial charge in [-0.25, -0.2) is 0 Å². The number of benzene rings is 2. The molecule has 0 aliphatic heterocycles. The Labute approximate surface area is 151 Å². The highest BCUT2D eigenvalue weighted by atomic mass is 31.2. The average molecular weight is 354 g/mol. The maximum Gasteiger partial charge on any atom is 0.146 e. The number of hydrogen-bond donors (Lipinski definition) is 0. The van der Waals surface area contributed by atoms with Gasteiger partial charge in [0, 0.05) is 22.7 Å². The van der Waals surface area contributed by atoms with Gasteiger partial charge in [0.2, 0.25) is 0 Å². The molecule has 3 rings (SSSR count). The molecule has 0 heterocycles. The minimum absolute atomic E-state index is 0.0581. The molecule has 0 N–H and O–H groups in total. The van der Waals surface area contributed by atoms with Crippen LogP contribution in [0.25, 0.3) is 0 Å². The first kappa shape index (κ1) is 18.1. The summed E-state index contributed by atoms with van der Waals surface area (Å²) in [6.45, 7) is 0. The molecule has 3 heteroatoms. The Morgan fingerprint density at radius 3 is 1.88 bits per heavy atom. The molecular weight excluding hydrogens is 327 g/mol. The lowest BCUT2D eigenvalue weighted by atomic mass is 9.85. The second-order valence-electron chi connectivity index (χ2n) is 7.04. The van der Waals surface area contributed by atoms with Gasteiger partial charge in [-0.1, -0.05) is 79.9 Å². The van der Waals surface area contributed by atoms with Crippen LogP contribution in [0.4, 0.5) is 0 Å². The van der Waals surface area contributed by atoms with Crippen LogP contribution in [0.15, 0.2) is 60.7 Å². The van der Waals surface area contributed by atoms with E-state index in [-0.39, 0.29) is 5.66 Å². The highest BCUT2D eigenvalue weighted by Gasteiger charge is 2.40. The van der Waals surface area contributed by atoms with E-state index in [1.807, 2.05) is 60.7 Å². The maximum absolute atomic E-state index is 14.6. The van der Waals surface area contributed by atoms with Gasteiger partial charge in [0.1, 0.15) is 13.4 Å². The van der Waals surface area contributed by atoms with Crippen molar-refractivity contribution in [1.82, 2.24) is 0 Å². The molecule has 0 saturated heterocycles. The molecule has 1 atom stereocenters. The molecule has 1 aliphatic carbocycles. The molecule has 1 aliphatic rings. The summed E-state index contributed by atoms with van der Waals surface area (Å²) >= 11 is 0. The van der Waals surface area contributed by atoms with Gasteiger partial charge < -0.3 is 9.36 Å². The summed E-state index contributed by atoms with van der Waals surface area (Å²) in [5, 5.41) is 1.87. The van der Waals surface area contributed by atoms with Crippen LogP contribution < -0.4 is 10.6 Å². The topological polar surface area (TPSA) is 34.1 Å². The third-order valence-electron chi connectivity index (χ3n) is 5.52. The van der Waals surface area contributed by atoms with Crippen molar-refractivity contribution >= 4 is 24.0 Å². The van der Waals surface area contributed by atoms with Crippen LogP contribution in [-0.4, -0.2) is 11.9 Å². The largest absolute Gasteiger partial charge is 0.313 e. The van der Waals surface area contributed by atoms with Gasteiger partial charge in [-0.3, -0.25) is 0 Å². The van der Waals surface area contributed by atoms with Gasteiger partial charge in [0.15, 0.2) is 0 Å². The summed E-state index contributed by atoms with van der Waals surface area (Å²) in [5.74, 6) is 0.444. The van der Waals surface area contributed by atoms with Gasteiger partial charge in [0.05, 0.1) is 0 Å². The Kier molecular flexibility index (Phi) is 6.26. The van der Waals surface area contributed by atoms with Crippen molar-refractivity contribution in [3.8, 4) is 0 Å². The fourth-order valence-electron chi connectivity index (χ4n) is 4.30. The van der Waals surface area contributed by atoms with E-state index in [0.29, 0.717) is 12.3 Å². The van der Waals surface area contributed by atoms with Crippen molar-refractivity contribution in [1.29, 1.82) is 0 Å². The Balaban J connectivity index is 2.09. The molecule has 2 aromatic carbocycles. The molecule has 1 saturated carbocycles. The van der Waals surface area contributed by atoms with Crippen LogP contribution in [0, 0.1) is 5.92 Å². The summed E-state index contributed by atoms with van der Waals surface area (Å²) < 4.78 is 14.6. The molecule has 1 fully saturated rings. The van der Waals surface area contributed by atoms with E-state index in [2.05, 4.69) is 0 Å². The zero-order valence-corrected chi connectivity index (χ0v) is 15.6.